The molecule has 16 nitrogen and oxygen atoms in total. The molecule has 1 saturated carbocycles. The molecule has 1 aliphatic carbocycles. The maximum atomic E-state index is 13.1. The summed E-state index contributed by atoms with van der Waals surface area (Å²) in [6.45, 7) is 4.74. The number of piperidine rings is 1. The van der Waals surface area contributed by atoms with Crippen molar-refractivity contribution < 1.29 is 28.7 Å². The highest BCUT2D eigenvalue weighted by atomic mass is 16.6. The zero-order valence-corrected chi connectivity index (χ0v) is 33.8. The second-order valence-electron chi connectivity index (χ2n) is 15.8. The van der Waals surface area contributed by atoms with Gasteiger partial charge in [0.15, 0.2) is 5.82 Å². The van der Waals surface area contributed by atoms with Crippen LogP contribution in [0.2, 0.25) is 0 Å². The number of imide groups is 1. The fourth-order valence-electron chi connectivity index (χ4n) is 7.95. The van der Waals surface area contributed by atoms with Crippen LogP contribution in [0.15, 0.2) is 35.1 Å². The van der Waals surface area contributed by atoms with Gasteiger partial charge in [0.05, 0.1) is 23.3 Å². The molecule has 1 saturated heterocycles. The van der Waals surface area contributed by atoms with Crippen molar-refractivity contribution in [3.8, 4) is 0 Å². The Morgan fingerprint density at radius 2 is 1.68 bits per heavy atom. The summed E-state index contributed by atoms with van der Waals surface area (Å²) in [6, 6.07) is 8.96. The zero-order chi connectivity index (χ0) is 40.6. The first-order valence-corrected chi connectivity index (χ1v) is 20.3. The van der Waals surface area contributed by atoms with Crippen LogP contribution in [0.5, 0.6) is 0 Å². The largest absolute Gasteiger partial charge is 0.446 e. The number of aromatic amines is 1. The number of carbonyl (C=O) groups is 4. The summed E-state index contributed by atoms with van der Waals surface area (Å²) in [7, 11) is 4.94. The van der Waals surface area contributed by atoms with Gasteiger partial charge in [-0.05, 0) is 82.6 Å². The summed E-state index contributed by atoms with van der Waals surface area (Å²) in [4.78, 5) is 64.1. The molecule has 16 heteroatoms. The highest BCUT2D eigenvalue weighted by Gasteiger charge is 2.35. The number of aromatic nitrogens is 6. The summed E-state index contributed by atoms with van der Waals surface area (Å²) in [5.74, 6) is -0.257. The number of benzene rings is 1. The maximum absolute atomic E-state index is 13.1. The van der Waals surface area contributed by atoms with E-state index in [4.69, 9.17) is 9.47 Å². The van der Waals surface area contributed by atoms with Crippen LogP contribution in [0.1, 0.15) is 130 Å². The molecule has 0 radical (unpaired) electrons. The second-order valence-corrected chi connectivity index (χ2v) is 15.8. The van der Waals surface area contributed by atoms with E-state index in [1.165, 1.54) is 7.05 Å². The van der Waals surface area contributed by atoms with Gasteiger partial charge < -0.3 is 20.1 Å². The molecule has 3 aromatic heterocycles. The van der Waals surface area contributed by atoms with Crippen molar-refractivity contribution >= 4 is 40.7 Å². The molecule has 1 aliphatic heterocycles. The Kier molecular flexibility index (Phi) is 13.6. The Hall–Kier alpha value is -5.25. The summed E-state index contributed by atoms with van der Waals surface area (Å²) in [5, 5.41) is 17.4. The minimum atomic E-state index is -0.661. The highest BCUT2D eigenvalue weighted by Crippen LogP contribution is 2.36. The Bertz CT molecular complexity index is 2110. The molecule has 2 aliphatic rings. The van der Waals surface area contributed by atoms with E-state index in [9.17, 15) is 24.0 Å². The van der Waals surface area contributed by atoms with E-state index in [-0.39, 0.29) is 47.9 Å². The van der Waals surface area contributed by atoms with Crippen molar-refractivity contribution in [2.75, 3.05) is 19.0 Å². The molecular weight excluding hydrogens is 731 g/mol. The first-order chi connectivity index (χ1) is 27.4. The first kappa shape index (κ1) is 41.4. The number of likely N-dealkylation sites (tertiary alicyclic amines) is 1. The molecule has 2 fully saturated rings. The molecule has 308 valence electrons. The lowest BCUT2D eigenvalue weighted by Crippen LogP contribution is -2.45. The number of aryl methyl sites for hydroxylation is 3. The number of rotatable bonds is 18. The Morgan fingerprint density at radius 1 is 0.930 bits per heavy atom. The predicted octanol–water partition coefficient (Wildman–Crippen LogP) is 5.63. The van der Waals surface area contributed by atoms with Crippen LogP contribution in [0.3, 0.4) is 0 Å². The van der Waals surface area contributed by atoms with Crippen molar-refractivity contribution in [3.05, 3.63) is 63.5 Å². The molecule has 0 bridgehead atoms. The Balaban J connectivity index is 0.837. The number of likely N-dealkylation sites (N-methyl/N-ethyl adjacent to an activating group) is 1. The molecule has 6 rings (SSSR count). The number of H-pyrrole nitrogens is 1. The normalized spacial score (nSPS) is 18.6. The fourth-order valence-corrected chi connectivity index (χ4v) is 7.95. The van der Waals surface area contributed by atoms with Gasteiger partial charge in [-0.3, -0.25) is 38.2 Å². The third-order valence-corrected chi connectivity index (χ3v) is 11.1. The van der Waals surface area contributed by atoms with E-state index in [1.807, 2.05) is 32.0 Å². The van der Waals surface area contributed by atoms with Crippen LogP contribution in [0.4, 0.5) is 10.6 Å². The van der Waals surface area contributed by atoms with Crippen LogP contribution in [-0.2, 0) is 46.2 Å². The predicted molar refractivity (Wildman–Crippen MR) is 214 cm³/mol. The smallest absolute Gasteiger partial charge is 0.407 e. The molecule has 3 atom stereocenters. The molecule has 4 aromatic rings. The number of nitrogens with one attached hydrogen (secondary N) is 3. The van der Waals surface area contributed by atoms with Gasteiger partial charge in [0.25, 0.3) is 11.8 Å². The van der Waals surface area contributed by atoms with E-state index < -0.39 is 12.1 Å². The monoisotopic (exact) mass is 787 g/mol. The van der Waals surface area contributed by atoms with Gasteiger partial charge in [0.1, 0.15) is 17.8 Å². The van der Waals surface area contributed by atoms with Gasteiger partial charge in [-0.1, -0.05) is 38.2 Å². The van der Waals surface area contributed by atoms with Gasteiger partial charge in [0.2, 0.25) is 5.91 Å². The lowest BCUT2D eigenvalue weighted by Gasteiger charge is -2.28. The van der Waals surface area contributed by atoms with Gasteiger partial charge in [-0.25, -0.2) is 9.59 Å². The van der Waals surface area contributed by atoms with E-state index in [0.29, 0.717) is 43.3 Å². The summed E-state index contributed by atoms with van der Waals surface area (Å²) in [6.07, 6.45) is 11.0. The van der Waals surface area contributed by atoms with Crippen molar-refractivity contribution in [1.82, 2.24) is 39.3 Å². The lowest BCUT2D eigenvalue weighted by atomic mass is 10.0. The minimum Gasteiger partial charge on any atom is -0.446 e. The van der Waals surface area contributed by atoms with Gasteiger partial charge >= 0.3 is 11.8 Å². The fraction of sp³-hybridized carbons (Fsp3) is 0.585. The Morgan fingerprint density at radius 3 is 2.46 bits per heavy atom. The molecule has 1 unspecified atom stereocenters. The first-order valence-electron chi connectivity index (χ1n) is 20.3. The molecular formula is C41H57N9O7. The summed E-state index contributed by atoms with van der Waals surface area (Å²) in [5.41, 5.74) is 4.45. The van der Waals surface area contributed by atoms with Crippen LogP contribution in [0, 0.1) is 0 Å². The van der Waals surface area contributed by atoms with E-state index >= 15 is 0 Å². The SMILES string of the molecule is CC(C)NC(=O)O[C@@H]1CC[C@H](c2cc(NC(=O)c3cc(COCCCCCCCCCc4ccc5c(c4)n(C)c(=O)n5C4CCC(=O)N(C)C4=O)nn3C)n[nH]2)C1. The number of ether oxygens (including phenoxy) is 2. The van der Waals surface area contributed by atoms with Crippen LogP contribution in [0.25, 0.3) is 11.0 Å². The van der Waals surface area contributed by atoms with Crippen molar-refractivity contribution in [1.29, 1.82) is 0 Å². The molecule has 57 heavy (non-hydrogen) atoms. The van der Waals surface area contributed by atoms with E-state index in [2.05, 4.69) is 32.0 Å². The van der Waals surface area contributed by atoms with Crippen molar-refractivity contribution in [3.63, 3.8) is 0 Å². The van der Waals surface area contributed by atoms with Gasteiger partial charge in [-0.2, -0.15) is 10.2 Å². The second kappa shape index (κ2) is 18.8. The topological polar surface area (TPSA) is 187 Å². The number of hydrogen-bond donors (Lipinski definition) is 3. The number of unbranched alkanes of at least 4 members (excludes halogenated alkanes) is 6. The molecule has 0 spiro atoms. The van der Waals surface area contributed by atoms with Crippen molar-refractivity contribution in [2.24, 2.45) is 14.1 Å². The number of amides is 4. The minimum absolute atomic E-state index is 0.0207. The number of anilines is 1. The highest BCUT2D eigenvalue weighted by molar-refractivity contribution is 6.02. The lowest BCUT2D eigenvalue weighted by molar-refractivity contribution is -0.149. The van der Waals surface area contributed by atoms with E-state index in [0.717, 1.165) is 91.4 Å². The quantitative estimate of drug-likeness (QED) is 0.0849. The van der Waals surface area contributed by atoms with Gasteiger partial charge in [-0.15, -0.1) is 0 Å². The average Bonchev–Trinajstić information content (AvgIpc) is 3.97. The third kappa shape index (κ3) is 10.2. The molecule has 4 heterocycles. The molecule has 4 amide bonds. The Labute approximate surface area is 332 Å². The number of imidazole rings is 1. The summed E-state index contributed by atoms with van der Waals surface area (Å²) >= 11 is 0. The van der Waals surface area contributed by atoms with Crippen LogP contribution in [-0.4, -0.2) is 83.6 Å². The number of alkyl carbamates (subject to hydrolysis) is 1. The third-order valence-electron chi connectivity index (χ3n) is 11.1. The number of fused-ring (bicyclic) bond motifs is 1. The number of hydrogen-bond acceptors (Lipinski definition) is 9. The summed E-state index contributed by atoms with van der Waals surface area (Å²) < 4.78 is 16.1. The number of nitrogens with zero attached hydrogens (tertiary/aromatic N) is 6. The van der Waals surface area contributed by atoms with E-state index in [1.54, 1.807) is 34.0 Å². The average molecular weight is 788 g/mol. The maximum Gasteiger partial charge on any atom is 0.407 e. The zero-order valence-electron chi connectivity index (χ0n) is 33.8. The van der Waals surface area contributed by atoms with Crippen LogP contribution >= 0.6 is 0 Å². The van der Waals surface area contributed by atoms with Crippen molar-refractivity contribution in [2.45, 2.75) is 128 Å². The molecule has 3 N–H and O–H groups in total. The van der Waals surface area contributed by atoms with Crippen LogP contribution < -0.4 is 16.3 Å². The van der Waals surface area contributed by atoms with Gasteiger partial charge in [0, 0.05) is 57.9 Å². The molecule has 1 aromatic carbocycles. The number of carbonyl (C=O) groups excluding carboxylic acids is 4. The standard InChI is InChI=1S/C41H57N9O7/c1-26(2)42-40(54)57-30-16-15-28(22-30)31-24-36(45-44-31)43-38(52)35-23-29(46-49(35)5)25-56-20-12-10-8-6-7-9-11-13-27-14-17-32-34(21-27)47(3)41(55)50(32)33-18-19-37(51)48(4)39(33)53/h14,17,21,23-24,26,28,30,33H,6-13,15-16,18-20,22,25H2,1-5H3,(H,42,54)(H2,43,44,45,52)/t28-,30+,33?/m0/s1.